The summed E-state index contributed by atoms with van der Waals surface area (Å²) in [6.45, 7) is 11.8. The number of aliphatic hydroxyl groups is 1. The lowest BCUT2D eigenvalue weighted by Gasteiger charge is -2.61. The van der Waals surface area contributed by atoms with Gasteiger partial charge in [0.1, 0.15) is 17.6 Å². The van der Waals surface area contributed by atoms with E-state index in [9.17, 15) is 29.1 Å². The number of esters is 1. The molecule has 3 fully saturated rings. The molecule has 1 amide bonds. The number of nitrogens with two attached hydrogens (primary N) is 1. The fraction of sp³-hybridized carbons (Fsp3) is 0.679. The quantitative estimate of drug-likeness (QED) is 0.193. The third kappa shape index (κ3) is 4.24. The summed E-state index contributed by atoms with van der Waals surface area (Å²) in [4.78, 5) is 61.8. The Kier molecular flexibility index (Phi) is 7.46. The maximum absolute atomic E-state index is 13.5. The zero-order valence-corrected chi connectivity index (χ0v) is 23.3. The highest BCUT2D eigenvalue weighted by Crippen LogP contribution is 2.68. The van der Waals surface area contributed by atoms with Crippen molar-refractivity contribution >= 4 is 35.1 Å². The van der Waals surface area contributed by atoms with Gasteiger partial charge in [0.25, 0.3) is 5.43 Å². The van der Waals surface area contributed by atoms with Crippen molar-refractivity contribution in [1.29, 1.82) is 0 Å². The van der Waals surface area contributed by atoms with Crippen molar-refractivity contribution in [2.24, 2.45) is 39.7 Å². The predicted octanol–water partition coefficient (Wildman–Crippen LogP) is 2.18. The van der Waals surface area contributed by atoms with Crippen LogP contribution in [0.5, 0.6) is 0 Å². The molecule has 10 heteroatoms. The molecule has 0 heterocycles. The minimum Gasteiger partial charge on any atom is -0.461 e. The Morgan fingerprint density at radius 2 is 1.89 bits per heavy atom. The van der Waals surface area contributed by atoms with Crippen LogP contribution in [0.15, 0.2) is 27.1 Å². The third-order valence-electron chi connectivity index (χ3n) is 10.2. The van der Waals surface area contributed by atoms with Crippen LogP contribution in [-0.2, 0) is 19.1 Å². The van der Waals surface area contributed by atoms with Crippen LogP contribution in [0.25, 0.3) is 0 Å². The van der Waals surface area contributed by atoms with Crippen molar-refractivity contribution in [2.75, 3.05) is 17.6 Å². The number of ketones is 1. The van der Waals surface area contributed by atoms with Crippen LogP contribution in [0.1, 0.15) is 59.8 Å². The maximum Gasteiger partial charge on any atom is 0.316 e. The molecule has 9 nitrogen and oxygen atoms in total. The summed E-state index contributed by atoms with van der Waals surface area (Å²) in [6, 6.07) is 0. The SMILES string of the molecule is C=C[C@]1(C)C[C@@H](OC(=O)CSc2c(NCC(N)=O)c(=O)c2=O)[C@]2(C)[C@H](C)CC[C@]3(CCC(=O)[C@H]32)[C@@H](C)[C@@H]1O. The van der Waals surface area contributed by atoms with E-state index < -0.39 is 45.8 Å². The number of amides is 1. The molecule has 1 aromatic carbocycles. The van der Waals surface area contributed by atoms with Gasteiger partial charge in [-0.25, -0.2) is 0 Å². The molecule has 0 unspecified atom stereocenters. The van der Waals surface area contributed by atoms with E-state index in [-0.39, 0.29) is 51.8 Å². The van der Waals surface area contributed by atoms with Crippen molar-refractivity contribution in [1.82, 2.24) is 0 Å². The molecule has 0 aromatic heterocycles. The molecule has 3 aliphatic carbocycles. The van der Waals surface area contributed by atoms with E-state index in [1.165, 1.54) is 0 Å². The Labute approximate surface area is 226 Å². The Hall–Kier alpha value is -2.46. The van der Waals surface area contributed by atoms with Gasteiger partial charge in [0.15, 0.2) is 0 Å². The van der Waals surface area contributed by atoms with Crippen LogP contribution in [0.4, 0.5) is 5.69 Å². The van der Waals surface area contributed by atoms with Crippen molar-refractivity contribution in [3.8, 4) is 0 Å². The van der Waals surface area contributed by atoms with E-state index in [0.29, 0.717) is 19.3 Å². The molecule has 0 spiro atoms. The van der Waals surface area contributed by atoms with E-state index in [2.05, 4.69) is 25.7 Å². The third-order valence-corrected chi connectivity index (χ3v) is 11.3. The number of primary amides is 1. The van der Waals surface area contributed by atoms with E-state index in [1.54, 1.807) is 6.08 Å². The Balaban J connectivity index is 1.63. The zero-order valence-electron chi connectivity index (χ0n) is 22.5. The van der Waals surface area contributed by atoms with Crippen LogP contribution in [0.3, 0.4) is 0 Å². The second-order valence-corrected chi connectivity index (χ2v) is 13.0. The smallest absolute Gasteiger partial charge is 0.316 e. The molecule has 4 rings (SSSR count). The highest BCUT2D eigenvalue weighted by atomic mass is 32.2. The molecule has 3 saturated carbocycles. The zero-order chi connectivity index (χ0) is 28.2. The van der Waals surface area contributed by atoms with Gasteiger partial charge < -0.3 is 20.9 Å². The second-order valence-electron chi connectivity index (χ2n) is 12.0. The lowest BCUT2D eigenvalue weighted by molar-refractivity contribution is -0.205. The van der Waals surface area contributed by atoms with Gasteiger partial charge in [-0.2, -0.15) is 0 Å². The number of nitrogens with one attached hydrogen (secondary N) is 1. The van der Waals surface area contributed by atoms with Gasteiger partial charge in [0.2, 0.25) is 11.3 Å². The predicted molar refractivity (Wildman–Crippen MR) is 144 cm³/mol. The average molecular weight is 547 g/mol. The number of aliphatic hydroxyl groups excluding tert-OH is 1. The molecule has 1 aromatic rings. The lowest BCUT2D eigenvalue weighted by atomic mass is 9.44. The van der Waals surface area contributed by atoms with Crippen LogP contribution in [-0.4, -0.2) is 47.3 Å². The largest absolute Gasteiger partial charge is 0.461 e. The molecule has 0 saturated heterocycles. The number of carbonyl (C=O) groups excluding carboxylic acids is 3. The van der Waals surface area contributed by atoms with Gasteiger partial charge in [0, 0.05) is 23.2 Å². The minimum absolute atomic E-state index is 0.0249. The molecule has 0 aliphatic heterocycles. The fourth-order valence-corrected chi connectivity index (χ4v) is 8.53. The van der Waals surface area contributed by atoms with Crippen LogP contribution in [0.2, 0.25) is 0 Å². The van der Waals surface area contributed by atoms with E-state index in [4.69, 9.17) is 10.5 Å². The summed E-state index contributed by atoms with van der Waals surface area (Å²) >= 11 is 0.873. The van der Waals surface area contributed by atoms with E-state index >= 15 is 0 Å². The first kappa shape index (κ1) is 28.5. The average Bonchev–Trinajstić information content (AvgIpc) is 3.23. The number of rotatable bonds is 8. The summed E-state index contributed by atoms with van der Waals surface area (Å²) in [6.07, 6.45) is 3.50. The highest BCUT2D eigenvalue weighted by molar-refractivity contribution is 8.00. The van der Waals surface area contributed by atoms with Crippen molar-refractivity contribution < 1.29 is 24.2 Å². The number of anilines is 1. The van der Waals surface area contributed by atoms with Gasteiger partial charge in [0.05, 0.1) is 23.3 Å². The molecule has 0 radical (unpaired) electrons. The molecular weight excluding hydrogens is 508 g/mol. The van der Waals surface area contributed by atoms with Crippen molar-refractivity contribution in [2.45, 2.75) is 76.9 Å². The number of hydrogen-bond acceptors (Lipinski definition) is 9. The van der Waals surface area contributed by atoms with Gasteiger partial charge in [-0.05, 0) is 42.9 Å². The monoisotopic (exact) mass is 546 g/mol. The Morgan fingerprint density at radius 3 is 2.53 bits per heavy atom. The molecule has 208 valence electrons. The van der Waals surface area contributed by atoms with Crippen molar-refractivity contribution in [3.05, 3.63) is 33.1 Å². The van der Waals surface area contributed by atoms with E-state index in [1.807, 2.05) is 13.8 Å². The summed E-state index contributed by atoms with van der Waals surface area (Å²) in [7, 11) is 0. The summed E-state index contributed by atoms with van der Waals surface area (Å²) in [5.74, 6) is -1.69. The first-order valence-electron chi connectivity index (χ1n) is 13.2. The molecule has 8 atom stereocenters. The number of thioether (sulfide) groups is 1. The van der Waals surface area contributed by atoms with Crippen molar-refractivity contribution in [3.63, 3.8) is 0 Å². The topological polar surface area (TPSA) is 153 Å². The number of ether oxygens (including phenoxy) is 1. The number of Topliss-reactive ketones (excluding diaryl/α,β-unsaturated/α-hetero) is 1. The molecule has 2 bridgehead atoms. The van der Waals surface area contributed by atoms with Gasteiger partial charge in [-0.3, -0.25) is 24.0 Å². The summed E-state index contributed by atoms with van der Waals surface area (Å²) in [5.41, 5.74) is 1.84. The van der Waals surface area contributed by atoms with Gasteiger partial charge in [-0.1, -0.05) is 33.8 Å². The standard InChI is InChI=1S/C28H38N2O7S/c1-6-26(4)11-17(37-19(33)13-38-23-20(21(34)22(23)35)30-12-18(29)32)27(5)14(2)7-9-28(15(3)25(26)36)10-8-16(31)24(27)28/h6,14-15,17,24-25,30,36H,1,7-13H2,2-5H3,(H2,29,32)/t14-,15+,17-,24+,25+,26-,27+,28+/m1/s1. The number of carbonyl (C=O) groups is 3. The van der Waals surface area contributed by atoms with Gasteiger partial charge >= 0.3 is 5.97 Å². The summed E-state index contributed by atoms with van der Waals surface area (Å²) in [5, 5.41) is 14.1. The van der Waals surface area contributed by atoms with Gasteiger partial charge in [-0.15, -0.1) is 18.3 Å². The second kappa shape index (κ2) is 9.93. The summed E-state index contributed by atoms with van der Waals surface area (Å²) < 4.78 is 6.15. The maximum atomic E-state index is 13.5. The van der Waals surface area contributed by atoms with Crippen LogP contribution < -0.4 is 21.9 Å². The van der Waals surface area contributed by atoms with E-state index in [0.717, 1.165) is 24.6 Å². The fourth-order valence-electron chi connectivity index (χ4n) is 7.67. The molecule has 4 N–H and O–H groups in total. The van der Waals surface area contributed by atoms with Crippen LogP contribution >= 0.6 is 11.8 Å². The number of hydrogen-bond donors (Lipinski definition) is 3. The lowest BCUT2D eigenvalue weighted by Crippen LogP contribution is -2.63. The first-order chi connectivity index (χ1) is 17.7. The minimum atomic E-state index is -0.760. The first-order valence-corrected chi connectivity index (χ1v) is 14.2. The highest BCUT2D eigenvalue weighted by Gasteiger charge is 2.68. The Morgan fingerprint density at radius 1 is 1.21 bits per heavy atom. The van der Waals surface area contributed by atoms with Crippen LogP contribution in [0, 0.1) is 34.0 Å². The molecule has 38 heavy (non-hydrogen) atoms. The molecule has 3 aliphatic rings. The Bertz CT molecular complexity index is 1240. The normalized spacial score (nSPS) is 38.7. The molecular formula is C28H38N2O7S.